The van der Waals surface area contributed by atoms with Gasteiger partial charge in [-0.15, -0.1) is 0 Å². The molecule has 0 unspecified atom stereocenters. The lowest BCUT2D eigenvalue weighted by atomic mass is 9.83. The summed E-state index contributed by atoms with van der Waals surface area (Å²) in [6, 6.07) is 7.23. The highest BCUT2D eigenvalue weighted by Crippen LogP contribution is 2.44. The number of esters is 1. The van der Waals surface area contributed by atoms with Gasteiger partial charge in [0.05, 0.1) is 17.0 Å². The van der Waals surface area contributed by atoms with Crippen molar-refractivity contribution in [2.75, 3.05) is 13.4 Å². The molecule has 0 aliphatic carbocycles. The van der Waals surface area contributed by atoms with Crippen LogP contribution in [0.1, 0.15) is 18.4 Å². The number of pyridine rings is 1. The van der Waals surface area contributed by atoms with Crippen molar-refractivity contribution in [1.82, 2.24) is 4.98 Å². The van der Waals surface area contributed by atoms with Gasteiger partial charge in [-0.25, -0.2) is 9.78 Å². The first-order valence-electron chi connectivity index (χ1n) is 8.90. The van der Waals surface area contributed by atoms with Crippen LogP contribution in [0.4, 0.5) is 0 Å². The van der Waals surface area contributed by atoms with Crippen LogP contribution < -0.4 is 15.2 Å². The Bertz CT molecular complexity index is 1200. The third-order valence-corrected chi connectivity index (χ3v) is 5.06. The molecular formula is C21H16ClN3O5. The van der Waals surface area contributed by atoms with E-state index in [4.69, 9.17) is 36.3 Å². The summed E-state index contributed by atoms with van der Waals surface area (Å²) in [6.45, 7) is 5.22. The van der Waals surface area contributed by atoms with Crippen molar-refractivity contribution in [3.63, 3.8) is 0 Å². The maximum atomic E-state index is 12.8. The number of fused-ring (bicyclic) bond motifs is 2. The van der Waals surface area contributed by atoms with Gasteiger partial charge in [0.15, 0.2) is 11.5 Å². The van der Waals surface area contributed by atoms with Gasteiger partial charge in [-0.2, -0.15) is 5.26 Å². The number of hydrogen-bond acceptors (Lipinski definition) is 8. The first kappa shape index (κ1) is 19.6. The highest BCUT2D eigenvalue weighted by molar-refractivity contribution is 6.30. The number of benzene rings is 1. The average Bonchev–Trinajstić information content (AvgIpc) is 3.16. The summed E-state index contributed by atoms with van der Waals surface area (Å²) in [7, 11) is 0. The second-order valence-electron chi connectivity index (χ2n) is 6.55. The Labute approximate surface area is 176 Å². The monoisotopic (exact) mass is 425 g/mol. The Morgan fingerprint density at radius 1 is 1.43 bits per heavy atom. The lowest BCUT2D eigenvalue weighted by molar-refractivity contribution is -0.138. The van der Waals surface area contributed by atoms with E-state index in [0.717, 1.165) is 0 Å². The molecule has 2 aliphatic rings. The van der Waals surface area contributed by atoms with Crippen LogP contribution in [0, 0.1) is 11.3 Å². The zero-order chi connectivity index (χ0) is 21.4. The highest BCUT2D eigenvalue weighted by atomic mass is 35.5. The second kappa shape index (κ2) is 7.61. The minimum Gasteiger partial charge on any atom is -0.458 e. The Balaban J connectivity index is 1.90. The van der Waals surface area contributed by atoms with Crippen LogP contribution in [0.3, 0.4) is 0 Å². The predicted molar refractivity (Wildman–Crippen MR) is 107 cm³/mol. The number of rotatable bonds is 4. The third-order valence-electron chi connectivity index (χ3n) is 4.76. The van der Waals surface area contributed by atoms with Crippen molar-refractivity contribution < 1.29 is 23.7 Å². The van der Waals surface area contributed by atoms with Gasteiger partial charge in [0.2, 0.25) is 12.7 Å². The van der Waals surface area contributed by atoms with Crippen molar-refractivity contribution in [2.45, 2.75) is 12.8 Å². The van der Waals surface area contributed by atoms with Crippen molar-refractivity contribution in [1.29, 1.82) is 5.26 Å². The summed E-state index contributed by atoms with van der Waals surface area (Å²) in [6.07, 6.45) is 1.44. The third kappa shape index (κ3) is 3.19. The molecule has 3 heterocycles. The Morgan fingerprint density at radius 2 is 2.17 bits per heavy atom. The predicted octanol–water partition coefficient (Wildman–Crippen LogP) is 3.43. The molecule has 0 fully saturated rings. The lowest BCUT2D eigenvalue weighted by Gasteiger charge is -2.27. The number of nitriles is 1. The van der Waals surface area contributed by atoms with Crippen LogP contribution >= 0.6 is 11.6 Å². The van der Waals surface area contributed by atoms with E-state index in [0.29, 0.717) is 28.0 Å². The molecule has 30 heavy (non-hydrogen) atoms. The Morgan fingerprint density at radius 3 is 2.87 bits per heavy atom. The largest absolute Gasteiger partial charge is 0.458 e. The molecule has 0 saturated carbocycles. The van der Waals surface area contributed by atoms with Crippen molar-refractivity contribution in [3.8, 4) is 17.6 Å². The first-order chi connectivity index (χ1) is 14.4. The van der Waals surface area contributed by atoms with Gasteiger partial charge in [-0.05, 0) is 19.1 Å². The van der Waals surface area contributed by atoms with E-state index in [2.05, 4.69) is 11.6 Å². The van der Waals surface area contributed by atoms with Gasteiger partial charge in [0.1, 0.15) is 29.2 Å². The van der Waals surface area contributed by atoms with Gasteiger partial charge < -0.3 is 24.7 Å². The van der Waals surface area contributed by atoms with Crippen molar-refractivity contribution >= 4 is 28.5 Å². The summed E-state index contributed by atoms with van der Waals surface area (Å²) >= 11 is 6.49. The molecule has 1 aromatic carbocycles. The molecule has 8 nitrogen and oxygen atoms in total. The molecule has 152 valence electrons. The van der Waals surface area contributed by atoms with Crippen LogP contribution in [-0.4, -0.2) is 24.4 Å². The lowest BCUT2D eigenvalue weighted by Crippen LogP contribution is -2.26. The van der Waals surface area contributed by atoms with Gasteiger partial charge in [-0.1, -0.05) is 24.3 Å². The number of nitrogens with zero attached hydrogens (tertiary/aromatic N) is 2. The van der Waals surface area contributed by atoms with Gasteiger partial charge in [0.25, 0.3) is 0 Å². The number of aromatic nitrogens is 1. The summed E-state index contributed by atoms with van der Waals surface area (Å²) in [4.78, 5) is 17.2. The van der Waals surface area contributed by atoms with E-state index in [-0.39, 0.29) is 41.3 Å². The fraction of sp³-hybridized carbons (Fsp3) is 0.190. The number of nitrogens with two attached hydrogens (primary N) is 1. The molecule has 0 amide bonds. The molecule has 1 aromatic heterocycles. The number of carbonyl (C=O) groups excluding carboxylic acids is 1. The molecule has 2 aliphatic heterocycles. The minimum absolute atomic E-state index is 0.00338. The highest BCUT2D eigenvalue weighted by Gasteiger charge is 2.38. The fourth-order valence-electron chi connectivity index (χ4n) is 3.43. The molecule has 9 heteroatoms. The van der Waals surface area contributed by atoms with Gasteiger partial charge in [0, 0.05) is 17.0 Å². The van der Waals surface area contributed by atoms with E-state index in [9.17, 15) is 10.1 Å². The second-order valence-corrected chi connectivity index (χ2v) is 6.91. The quantitative estimate of drug-likeness (QED) is 0.450. The van der Waals surface area contributed by atoms with Crippen LogP contribution in [0.15, 0.2) is 53.6 Å². The van der Waals surface area contributed by atoms with Crippen LogP contribution in [0.25, 0.3) is 10.9 Å². The van der Waals surface area contributed by atoms with E-state index < -0.39 is 11.9 Å². The van der Waals surface area contributed by atoms with E-state index in [1.165, 1.54) is 6.08 Å². The zero-order valence-electron chi connectivity index (χ0n) is 15.9. The molecule has 0 bridgehead atoms. The SMILES string of the molecule is C=CCOC(=O)C1=C(C)OC(N)=C(C#N)[C@@H]1c1cc2cc3c(cc2nc1Cl)OCO3. The topological polar surface area (TPSA) is 117 Å². The smallest absolute Gasteiger partial charge is 0.338 e. The maximum absolute atomic E-state index is 12.8. The minimum atomic E-state index is -0.907. The fourth-order valence-corrected chi connectivity index (χ4v) is 3.68. The molecule has 2 aromatic rings. The van der Waals surface area contributed by atoms with Crippen LogP contribution in [0.5, 0.6) is 11.5 Å². The zero-order valence-corrected chi connectivity index (χ0v) is 16.7. The van der Waals surface area contributed by atoms with E-state index in [1.54, 1.807) is 25.1 Å². The normalized spacial score (nSPS) is 17.6. The van der Waals surface area contributed by atoms with Crippen molar-refractivity contribution in [2.24, 2.45) is 5.73 Å². The number of ether oxygens (including phenoxy) is 4. The van der Waals surface area contributed by atoms with E-state index in [1.807, 2.05) is 6.07 Å². The first-order valence-corrected chi connectivity index (χ1v) is 9.28. The summed E-state index contributed by atoms with van der Waals surface area (Å²) in [5, 5.41) is 10.5. The molecule has 1 atom stereocenters. The Hall–Kier alpha value is -3.70. The summed E-state index contributed by atoms with van der Waals surface area (Å²) < 4.78 is 21.4. The average molecular weight is 426 g/mol. The molecule has 2 N–H and O–H groups in total. The molecule has 0 saturated heterocycles. The standard InChI is InChI=1S/C21H16ClN3O5/c1-3-4-27-21(26)17-10(2)30-20(24)13(8-23)18(17)12-5-11-6-15-16(29-9-28-15)7-14(11)25-19(12)22/h3,5-7,18H,1,4,9,24H2,2H3/t18-/m0/s1. The number of halogens is 1. The number of carbonyl (C=O) groups is 1. The molecule has 0 spiro atoms. The maximum Gasteiger partial charge on any atom is 0.338 e. The Kier molecular flexibility index (Phi) is 4.98. The summed E-state index contributed by atoms with van der Waals surface area (Å²) in [5.41, 5.74) is 7.08. The molecular weight excluding hydrogens is 410 g/mol. The van der Waals surface area contributed by atoms with Crippen LogP contribution in [-0.2, 0) is 14.3 Å². The van der Waals surface area contributed by atoms with Gasteiger partial charge >= 0.3 is 5.97 Å². The van der Waals surface area contributed by atoms with Crippen LogP contribution in [0.2, 0.25) is 5.15 Å². The molecule has 0 radical (unpaired) electrons. The summed E-state index contributed by atoms with van der Waals surface area (Å²) in [5.74, 6) is -0.335. The number of hydrogen-bond donors (Lipinski definition) is 1. The molecule has 4 rings (SSSR count). The van der Waals surface area contributed by atoms with Gasteiger partial charge in [-0.3, -0.25) is 0 Å². The van der Waals surface area contributed by atoms with Crippen molar-refractivity contribution in [3.05, 3.63) is 64.4 Å². The van der Waals surface area contributed by atoms with E-state index >= 15 is 0 Å². The number of allylic oxidation sites excluding steroid dienone is 2.